The van der Waals surface area contributed by atoms with Crippen molar-refractivity contribution >= 4 is 5.97 Å². The molecule has 0 spiro atoms. The first-order chi connectivity index (χ1) is 9.19. The Kier molecular flexibility index (Phi) is 4.90. The molecular formula is C13H21N3O3. The zero-order valence-electron chi connectivity index (χ0n) is 11.3. The van der Waals surface area contributed by atoms with Gasteiger partial charge in [0.15, 0.2) is 5.82 Å². The Morgan fingerprint density at radius 2 is 2.21 bits per heavy atom. The first kappa shape index (κ1) is 14.0. The van der Waals surface area contributed by atoms with Gasteiger partial charge in [0.1, 0.15) is 0 Å². The van der Waals surface area contributed by atoms with Gasteiger partial charge in [0.25, 0.3) is 0 Å². The molecule has 0 saturated carbocycles. The van der Waals surface area contributed by atoms with E-state index in [1.165, 1.54) is 0 Å². The van der Waals surface area contributed by atoms with Crippen molar-refractivity contribution < 1.29 is 14.4 Å². The Balaban J connectivity index is 1.79. The molecule has 0 bridgehead atoms. The molecule has 0 unspecified atom stereocenters. The zero-order valence-corrected chi connectivity index (χ0v) is 11.3. The van der Waals surface area contributed by atoms with Gasteiger partial charge in [-0.2, -0.15) is 4.98 Å². The van der Waals surface area contributed by atoms with Gasteiger partial charge in [-0.1, -0.05) is 18.5 Å². The number of aryl methyl sites for hydroxylation is 1. The number of aliphatic carboxylic acids is 1. The highest BCUT2D eigenvalue weighted by atomic mass is 16.5. The van der Waals surface area contributed by atoms with E-state index in [-0.39, 0.29) is 5.92 Å². The Bertz CT molecular complexity index is 411. The van der Waals surface area contributed by atoms with Crippen molar-refractivity contribution in [1.29, 1.82) is 0 Å². The molecule has 19 heavy (non-hydrogen) atoms. The molecule has 0 aliphatic carbocycles. The van der Waals surface area contributed by atoms with Crippen molar-refractivity contribution in [3.63, 3.8) is 0 Å². The third-order valence-corrected chi connectivity index (χ3v) is 3.56. The molecule has 0 atom stereocenters. The van der Waals surface area contributed by atoms with Crippen LogP contribution in [0.15, 0.2) is 4.52 Å². The van der Waals surface area contributed by atoms with Gasteiger partial charge in [-0.05, 0) is 32.4 Å². The normalized spacial score (nSPS) is 17.7. The van der Waals surface area contributed by atoms with Crippen LogP contribution in [0, 0.1) is 5.92 Å². The second-order valence-corrected chi connectivity index (χ2v) is 5.10. The quantitative estimate of drug-likeness (QED) is 0.845. The first-order valence-corrected chi connectivity index (χ1v) is 6.95. The van der Waals surface area contributed by atoms with Gasteiger partial charge in [-0.15, -0.1) is 0 Å². The summed E-state index contributed by atoms with van der Waals surface area (Å²) in [7, 11) is 0. The molecule has 0 aromatic carbocycles. The highest BCUT2D eigenvalue weighted by Gasteiger charge is 2.25. The lowest BCUT2D eigenvalue weighted by atomic mass is 9.97. The predicted molar refractivity (Wildman–Crippen MR) is 68.5 cm³/mol. The van der Waals surface area contributed by atoms with Gasteiger partial charge < -0.3 is 9.63 Å². The fraction of sp³-hybridized carbons (Fsp3) is 0.769. The number of unbranched alkanes of at least 4 members (excludes halogenated alkanes) is 1. The van der Waals surface area contributed by atoms with Gasteiger partial charge in [0.05, 0.1) is 12.5 Å². The van der Waals surface area contributed by atoms with Gasteiger partial charge in [-0.3, -0.25) is 9.69 Å². The van der Waals surface area contributed by atoms with Crippen molar-refractivity contribution in [1.82, 2.24) is 15.0 Å². The van der Waals surface area contributed by atoms with Gasteiger partial charge in [-0.25, -0.2) is 0 Å². The molecule has 1 saturated heterocycles. The summed E-state index contributed by atoms with van der Waals surface area (Å²) in [6, 6.07) is 0. The highest BCUT2D eigenvalue weighted by Crippen LogP contribution is 2.18. The minimum Gasteiger partial charge on any atom is -0.481 e. The lowest BCUT2D eigenvalue weighted by molar-refractivity contribution is -0.143. The molecule has 6 nitrogen and oxygen atoms in total. The number of likely N-dealkylation sites (tertiary alicyclic amines) is 1. The van der Waals surface area contributed by atoms with Crippen molar-refractivity contribution in [3.05, 3.63) is 11.7 Å². The summed E-state index contributed by atoms with van der Waals surface area (Å²) in [5.74, 6) is 0.537. The summed E-state index contributed by atoms with van der Waals surface area (Å²) in [6.45, 7) is 4.33. The monoisotopic (exact) mass is 267 g/mol. The fourth-order valence-electron chi connectivity index (χ4n) is 2.32. The Morgan fingerprint density at radius 1 is 1.47 bits per heavy atom. The molecule has 2 rings (SSSR count). The number of nitrogens with zero attached hydrogens (tertiary/aromatic N) is 3. The average molecular weight is 267 g/mol. The lowest BCUT2D eigenvalue weighted by Crippen LogP contribution is -2.35. The topological polar surface area (TPSA) is 79.5 Å². The average Bonchev–Trinajstić information content (AvgIpc) is 2.84. The van der Waals surface area contributed by atoms with E-state index in [0.29, 0.717) is 25.3 Å². The van der Waals surface area contributed by atoms with E-state index in [1.807, 2.05) is 0 Å². The minimum atomic E-state index is -0.681. The SMILES string of the molecule is CCCCc1noc(CN2CCC(C(=O)O)CC2)n1. The third-order valence-electron chi connectivity index (χ3n) is 3.56. The maximum absolute atomic E-state index is 10.9. The molecule has 1 aliphatic rings. The second kappa shape index (κ2) is 6.65. The molecule has 1 aromatic heterocycles. The summed E-state index contributed by atoms with van der Waals surface area (Å²) in [6.07, 6.45) is 4.45. The summed E-state index contributed by atoms with van der Waals surface area (Å²) in [5.41, 5.74) is 0. The fourth-order valence-corrected chi connectivity index (χ4v) is 2.32. The molecular weight excluding hydrogens is 246 g/mol. The van der Waals surface area contributed by atoms with Crippen LogP contribution in [-0.2, 0) is 17.8 Å². The standard InChI is InChI=1S/C13H21N3O3/c1-2-3-4-11-14-12(19-15-11)9-16-7-5-10(6-8-16)13(17)18/h10H,2-9H2,1H3,(H,17,18). The zero-order chi connectivity index (χ0) is 13.7. The van der Waals surface area contributed by atoms with Crippen LogP contribution in [0.2, 0.25) is 0 Å². The molecule has 1 N–H and O–H groups in total. The summed E-state index contributed by atoms with van der Waals surface area (Å²) >= 11 is 0. The Hall–Kier alpha value is -1.43. The van der Waals surface area contributed by atoms with E-state index in [2.05, 4.69) is 22.0 Å². The van der Waals surface area contributed by atoms with Crippen molar-refractivity contribution in [2.24, 2.45) is 5.92 Å². The first-order valence-electron chi connectivity index (χ1n) is 6.95. The predicted octanol–water partition coefficient (Wildman–Crippen LogP) is 1.71. The van der Waals surface area contributed by atoms with Crippen LogP contribution in [0.25, 0.3) is 0 Å². The number of aromatic nitrogens is 2. The molecule has 1 aromatic rings. The second-order valence-electron chi connectivity index (χ2n) is 5.10. The Labute approximate surface area is 112 Å². The number of rotatable bonds is 6. The van der Waals surface area contributed by atoms with Crippen molar-refractivity contribution in [2.45, 2.75) is 45.6 Å². The number of carboxylic acid groups (broad SMARTS) is 1. The lowest BCUT2D eigenvalue weighted by Gasteiger charge is -2.28. The highest BCUT2D eigenvalue weighted by molar-refractivity contribution is 5.70. The maximum atomic E-state index is 10.9. The van der Waals surface area contributed by atoms with Crippen LogP contribution in [0.4, 0.5) is 0 Å². The van der Waals surface area contributed by atoms with Gasteiger partial charge in [0.2, 0.25) is 5.89 Å². The maximum Gasteiger partial charge on any atom is 0.306 e. The van der Waals surface area contributed by atoms with E-state index in [9.17, 15) is 4.79 Å². The van der Waals surface area contributed by atoms with Crippen LogP contribution in [-0.4, -0.2) is 39.2 Å². The minimum absolute atomic E-state index is 0.195. The van der Waals surface area contributed by atoms with E-state index in [4.69, 9.17) is 9.63 Å². The largest absolute Gasteiger partial charge is 0.481 e. The van der Waals surface area contributed by atoms with E-state index >= 15 is 0 Å². The molecule has 2 heterocycles. The number of hydrogen-bond acceptors (Lipinski definition) is 5. The van der Waals surface area contributed by atoms with Crippen molar-refractivity contribution in [3.8, 4) is 0 Å². The Morgan fingerprint density at radius 3 is 2.84 bits per heavy atom. The molecule has 1 aliphatic heterocycles. The third kappa shape index (κ3) is 4.02. The summed E-state index contributed by atoms with van der Waals surface area (Å²) in [4.78, 5) is 17.4. The van der Waals surface area contributed by atoms with E-state index in [1.54, 1.807) is 0 Å². The molecule has 6 heteroatoms. The van der Waals surface area contributed by atoms with E-state index in [0.717, 1.165) is 38.2 Å². The smallest absolute Gasteiger partial charge is 0.306 e. The molecule has 0 radical (unpaired) electrons. The number of carboxylic acids is 1. The number of carbonyl (C=O) groups is 1. The van der Waals surface area contributed by atoms with Crippen molar-refractivity contribution in [2.75, 3.05) is 13.1 Å². The summed E-state index contributed by atoms with van der Waals surface area (Å²) in [5, 5.41) is 12.9. The molecule has 1 fully saturated rings. The molecule has 0 amide bonds. The van der Waals surface area contributed by atoms with Crippen LogP contribution >= 0.6 is 0 Å². The molecule has 106 valence electrons. The summed E-state index contributed by atoms with van der Waals surface area (Å²) < 4.78 is 5.22. The van der Waals surface area contributed by atoms with Crippen LogP contribution in [0.5, 0.6) is 0 Å². The van der Waals surface area contributed by atoms with Crippen LogP contribution in [0.1, 0.15) is 44.3 Å². The van der Waals surface area contributed by atoms with Gasteiger partial charge >= 0.3 is 5.97 Å². The van der Waals surface area contributed by atoms with Gasteiger partial charge in [0, 0.05) is 6.42 Å². The van der Waals surface area contributed by atoms with E-state index < -0.39 is 5.97 Å². The number of hydrogen-bond donors (Lipinski definition) is 1. The van der Waals surface area contributed by atoms with Crippen LogP contribution < -0.4 is 0 Å². The number of piperidine rings is 1. The van der Waals surface area contributed by atoms with Crippen LogP contribution in [0.3, 0.4) is 0 Å².